The van der Waals surface area contributed by atoms with Crippen LogP contribution in [-0.4, -0.2) is 71.4 Å². The van der Waals surface area contributed by atoms with Crippen LogP contribution in [0.3, 0.4) is 0 Å². The molecule has 2 aliphatic rings. The number of fused-ring (bicyclic) bond motifs is 2. The molecule has 2 atom stereocenters. The van der Waals surface area contributed by atoms with Crippen molar-refractivity contribution in [1.29, 1.82) is 0 Å². The van der Waals surface area contributed by atoms with Gasteiger partial charge >= 0.3 is 41.5 Å². The summed E-state index contributed by atoms with van der Waals surface area (Å²) < 4.78 is 63.5. The van der Waals surface area contributed by atoms with Crippen LogP contribution in [0, 0.1) is 23.3 Å². The van der Waals surface area contributed by atoms with Crippen LogP contribution in [0.2, 0.25) is 0 Å². The number of carbonyl (C=O) groups is 2. The summed E-state index contributed by atoms with van der Waals surface area (Å²) in [6, 6.07) is 9.47. The molecule has 6 heterocycles. The smallest absolute Gasteiger partial charge is 0.870 e. The summed E-state index contributed by atoms with van der Waals surface area (Å²) in [6.45, 7) is 3.11. The molecular formula is C36H35F4N10NaO5. The minimum atomic E-state index is -1.23. The number of carboxylic acid groups (broad SMARTS) is 1. The third-order valence-corrected chi connectivity index (χ3v) is 9.42. The fourth-order valence-electron chi connectivity index (χ4n) is 7.07. The molecule has 15 nitrogen and oxygen atoms in total. The molecule has 0 amide bonds. The molecule has 6 aromatic rings. The van der Waals surface area contributed by atoms with Gasteiger partial charge in [0.2, 0.25) is 0 Å². The van der Waals surface area contributed by atoms with Gasteiger partial charge in [-0.25, -0.2) is 46.1 Å². The Hall–Kier alpha value is -5.50. The van der Waals surface area contributed by atoms with Gasteiger partial charge in [-0.15, -0.1) is 10.2 Å². The van der Waals surface area contributed by atoms with E-state index in [1.54, 1.807) is 31.5 Å². The van der Waals surface area contributed by atoms with Crippen molar-refractivity contribution in [2.75, 3.05) is 41.0 Å². The second kappa shape index (κ2) is 17.1. The van der Waals surface area contributed by atoms with Gasteiger partial charge in [0.15, 0.2) is 22.9 Å². The van der Waals surface area contributed by atoms with Crippen LogP contribution in [-0.2, 0) is 4.74 Å². The van der Waals surface area contributed by atoms with Gasteiger partial charge in [-0.3, -0.25) is 0 Å². The number of nitrogens with zero attached hydrogens (tertiary/aromatic N) is 8. The number of esters is 1. The number of carbonyl (C=O) groups excluding carboxylic acids is 1. The molecule has 6 N–H and O–H groups in total. The molecule has 4 aromatic heterocycles. The van der Waals surface area contributed by atoms with E-state index in [0.29, 0.717) is 37.6 Å². The molecule has 288 valence electrons. The minimum Gasteiger partial charge on any atom is -0.870 e. The monoisotopic (exact) mass is 786 g/mol. The molecule has 0 aliphatic carbocycles. The predicted octanol–water partition coefficient (Wildman–Crippen LogP) is 2.56. The molecule has 0 radical (unpaired) electrons. The van der Waals surface area contributed by atoms with Crippen LogP contribution >= 0.6 is 0 Å². The normalized spacial score (nSPS) is 16.3. The molecular weight excluding hydrogens is 751 g/mol. The maximum Gasteiger partial charge on any atom is 1.00 e. The Labute approximate surface area is 338 Å². The quantitative estimate of drug-likeness (QED) is 0.121. The summed E-state index contributed by atoms with van der Waals surface area (Å²) in [4.78, 5) is 36.3. The average molecular weight is 787 g/mol. The number of nitrogens with two attached hydrogens (primary N) is 2. The van der Waals surface area contributed by atoms with E-state index in [1.807, 2.05) is 9.80 Å². The third kappa shape index (κ3) is 7.93. The average Bonchev–Trinajstić information content (AvgIpc) is 3.94. The molecule has 2 saturated heterocycles. The van der Waals surface area contributed by atoms with Gasteiger partial charge in [0.25, 0.3) is 0 Å². The number of aromatic carboxylic acids is 1. The van der Waals surface area contributed by atoms with Crippen molar-refractivity contribution in [1.82, 2.24) is 29.2 Å². The Morgan fingerprint density at radius 3 is 1.66 bits per heavy atom. The SMILES string of the molecule is CCOC(=O)c1c(N)nn2ccc(N3CCC[C@@H]3c3cc(F)ccc3F)nc12.Nc1nn2ccc(N3CCC[C@@H]3c3cc(F)ccc3F)nc2c1C(=O)O.[Na+].[OH-]. The third-order valence-electron chi connectivity index (χ3n) is 9.42. The molecule has 8 rings (SSSR count). The molecule has 20 heteroatoms. The zero-order chi connectivity index (χ0) is 38.3. The summed E-state index contributed by atoms with van der Waals surface area (Å²) in [7, 11) is 0. The van der Waals surface area contributed by atoms with Crippen LogP contribution in [0.4, 0.5) is 40.8 Å². The Bertz CT molecular complexity index is 2410. The van der Waals surface area contributed by atoms with Crippen LogP contribution in [0.15, 0.2) is 60.9 Å². The first kappa shape index (κ1) is 41.7. The Morgan fingerprint density at radius 1 is 0.768 bits per heavy atom. The number of aromatic nitrogens is 6. The molecule has 0 unspecified atom stereocenters. The predicted molar refractivity (Wildman–Crippen MR) is 191 cm³/mol. The first-order valence-corrected chi connectivity index (χ1v) is 17.1. The van der Waals surface area contributed by atoms with Crippen molar-refractivity contribution >= 4 is 46.5 Å². The zero-order valence-corrected chi connectivity index (χ0v) is 32.2. The van der Waals surface area contributed by atoms with Crippen molar-refractivity contribution in [3.8, 4) is 0 Å². The van der Waals surface area contributed by atoms with Crippen LogP contribution in [0.1, 0.15) is 76.5 Å². The summed E-state index contributed by atoms with van der Waals surface area (Å²) in [5, 5.41) is 17.3. The molecule has 0 spiro atoms. The summed E-state index contributed by atoms with van der Waals surface area (Å²) in [5.41, 5.74) is 12.4. The number of ether oxygens (including phenoxy) is 1. The maximum absolute atomic E-state index is 14.3. The Kier molecular flexibility index (Phi) is 12.7. The van der Waals surface area contributed by atoms with Gasteiger partial charge in [0, 0.05) is 36.6 Å². The molecule has 2 aliphatic heterocycles. The van der Waals surface area contributed by atoms with E-state index in [4.69, 9.17) is 16.2 Å². The van der Waals surface area contributed by atoms with Gasteiger partial charge in [-0.05, 0) is 81.1 Å². The van der Waals surface area contributed by atoms with Crippen LogP contribution in [0.5, 0.6) is 0 Å². The fourth-order valence-corrected chi connectivity index (χ4v) is 7.07. The number of carboxylic acids is 1. The zero-order valence-electron chi connectivity index (χ0n) is 30.2. The standard InChI is InChI=1S/C19H19F2N5O2.C17H15F2N5O2.Na.H2O/c1-2-28-19(27)16-17(22)24-26-9-7-15(23-18(16)26)25-8-3-4-14(25)12-10-11(20)5-6-13(12)21;18-9-3-4-11(19)10(8-9)12-2-1-6-23(12)13-5-7-24-16(21-13)14(17(25)26)15(20)22-24;;/h5-7,9-10,14H,2-4,8H2,1H3,(H2,22,24);3-5,7-8,12H,1-2,6H2,(H2,20,22)(H,25,26);;1H2/q;;+1;/p-1/t14-;12-;;/m11../s1. The van der Waals surface area contributed by atoms with E-state index < -0.39 is 35.2 Å². The summed E-state index contributed by atoms with van der Waals surface area (Å²) in [5.74, 6) is -2.87. The largest absolute Gasteiger partial charge is 1.00 e. The maximum atomic E-state index is 14.3. The second-order valence-electron chi connectivity index (χ2n) is 12.7. The molecule has 2 fully saturated rings. The molecule has 2 aromatic carbocycles. The summed E-state index contributed by atoms with van der Waals surface area (Å²) >= 11 is 0. The van der Waals surface area contributed by atoms with E-state index >= 15 is 0 Å². The first-order chi connectivity index (χ1) is 25.9. The molecule has 0 saturated carbocycles. The number of anilines is 4. The Morgan fingerprint density at radius 2 is 1.21 bits per heavy atom. The van der Waals surface area contributed by atoms with E-state index in [-0.39, 0.29) is 98.9 Å². The Balaban J connectivity index is 0.000000207. The first-order valence-electron chi connectivity index (χ1n) is 17.1. The van der Waals surface area contributed by atoms with Crippen LogP contribution in [0.25, 0.3) is 11.3 Å². The van der Waals surface area contributed by atoms with E-state index in [0.717, 1.165) is 37.1 Å². The minimum absolute atomic E-state index is 0. The second-order valence-corrected chi connectivity index (χ2v) is 12.7. The van der Waals surface area contributed by atoms with Crippen molar-refractivity contribution < 1.29 is 72.0 Å². The number of hydrogen-bond donors (Lipinski definition) is 3. The van der Waals surface area contributed by atoms with E-state index in [2.05, 4.69) is 20.2 Å². The van der Waals surface area contributed by atoms with Gasteiger partial charge < -0.3 is 36.6 Å². The number of benzene rings is 2. The van der Waals surface area contributed by atoms with Crippen molar-refractivity contribution in [3.63, 3.8) is 0 Å². The van der Waals surface area contributed by atoms with Gasteiger partial charge in [-0.2, -0.15) is 0 Å². The van der Waals surface area contributed by atoms with Crippen molar-refractivity contribution in [2.24, 2.45) is 0 Å². The van der Waals surface area contributed by atoms with Crippen molar-refractivity contribution in [2.45, 2.75) is 44.7 Å². The van der Waals surface area contributed by atoms with E-state index in [9.17, 15) is 32.3 Å². The van der Waals surface area contributed by atoms with Gasteiger partial charge in [0.1, 0.15) is 46.0 Å². The van der Waals surface area contributed by atoms with Gasteiger partial charge in [0.05, 0.1) is 18.7 Å². The number of nitrogen functional groups attached to an aromatic ring is 2. The topological polar surface area (TPSA) is 212 Å². The molecule has 56 heavy (non-hydrogen) atoms. The van der Waals surface area contributed by atoms with Crippen LogP contribution < -0.4 is 50.8 Å². The number of halogens is 4. The van der Waals surface area contributed by atoms with E-state index in [1.165, 1.54) is 21.2 Å². The number of rotatable bonds is 7. The van der Waals surface area contributed by atoms with Crippen molar-refractivity contribution in [3.05, 3.63) is 106 Å². The fraction of sp³-hybridized carbons (Fsp3) is 0.278. The van der Waals surface area contributed by atoms with Gasteiger partial charge in [-0.1, -0.05) is 0 Å². The molecule has 0 bridgehead atoms. The number of hydrogen-bond acceptors (Lipinski definition) is 12. The summed E-state index contributed by atoms with van der Waals surface area (Å²) in [6.07, 6.45) is 6.08.